The lowest BCUT2D eigenvalue weighted by molar-refractivity contribution is -0.161. The number of fused-ring (bicyclic) bond motifs is 1. The number of carbonyl (C=O) groups excluding carboxylic acids is 2. The van der Waals surface area contributed by atoms with Gasteiger partial charge in [-0.2, -0.15) is 0 Å². The largest absolute Gasteiger partial charge is 0.477 e. The molecule has 0 saturated carbocycles. The van der Waals surface area contributed by atoms with Crippen LogP contribution in [0.5, 0.6) is 0 Å². The van der Waals surface area contributed by atoms with E-state index in [0.29, 0.717) is 11.3 Å². The van der Waals surface area contributed by atoms with Crippen LogP contribution < -0.4 is 5.32 Å². The molecule has 2 aliphatic rings. The Kier molecular flexibility index (Phi) is 4.38. The van der Waals surface area contributed by atoms with Crippen LogP contribution in [0.4, 0.5) is 0 Å². The molecule has 0 aliphatic carbocycles. The minimum atomic E-state index is -1.16. The van der Waals surface area contributed by atoms with Crippen LogP contribution in [0, 0.1) is 5.92 Å². The average Bonchev–Trinajstić information content (AvgIpc) is 2.68. The first-order valence-corrected chi connectivity index (χ1v) is 7.29. The molecule has 0 radical (unpaired) electrons. The minimum absolute atomic E-state index is 0.0284. The Morgan fingerprint density at radius 2 is 2.19 bits per heavy atom. The molecule has 7 nitrogen and oxygen atoms in total. The summed E-state index contributed by atoms with van der Waals surface area (Å²) < 4.78 is 0. The van der Waals surface area contributed by atoms with Gasteiger partial charge in [-0.3, -0.25) is 9.59 Å². The molecule has 8 heteroatoms. The first kappa shape index (κ1) is 15.6. The molecular formula is C13H16N2O5S. The van der Waals surface area contributed by atoms with Crippen LogP contribution >= 0.6 is 11.8 Å². The maximum Gasteiger partial charge on any atom is 0.353 e. The summed E-state index contributed by atoms with van der Waals surface area (Å²) >= 11 is 1.15. The lowest BCUT2D eigenvalue weighted by Crippen LogP contribution is -2.61. The second-order valence-electron chi connectivity index (χ2n) is 4.94. The molecule has 3 atom stereocenters. The summed E-state index contributed by atoms with van der Waals surface area (Å²) in [6, 6.07) is -0.291. The van der Waals surface area contributed by atoms with Gasteiger partial charge < -0.3 is 20.4 Å². The van der Waals surface area contributed by atoms with E-state index < -0.39 is 18.0 Å². The summed E-state index contributed by atoms with van der Waals surface area (Å²) in [5.74, 6) is -2.28. The van der Waals surface area contributed by atoms with Gasteiger partial charge in [0.1, 0.15) is 5.70 Å². The van der Waals surface area contributed by atoms with Crippen LogP contribution in [-0.2, 0) is 14.4 Å². The third kappa shape index (κ3) is 2.81. The van der Waals surface area contributed by atoms with E-state index in [9.17, 15) is 24.6 Å². The van der Waals surface area contributed by atoms with Crippen LogP contribution in [0.15, 0.2) is 22.2 Å². The molecule has 0 aromatic carbocycles. The number of carboxylic acid groups (broad SMARTS) is 1. The van der Waals surface area contributed by atoms with E-state index in [1.165, 1.54) is 24.9 Å². The zero-order chi connectivity index (χ0) is 15.7. The molecule has 0 bridgehead atoms. The normalized spacial score (nSPS) is 25.9. The quantitative estimate of drug-likeness (QED) is 0.628. The second-order valence-corrected chi connectivity index (χ2v) is 5.94. The number of nitrogens with zero attached hydrogens (tertiary/aromatic N) is 1. The number of aliphatic hydroxyl groups is 1. The van der Waals surface area contributed by atoms with Crippen LogP contribution in [-0.4, -0.2) is 45.0 Å². The molecule has 0 spiro atoms. The van der Waals surface area contributed by atoms with Crippen LogP contribution in [0.1, 0.15) is 20.3 Å². The van der Waals surface area contributed by atoms with Gasteiger partial charge in [-0.25, -0.2) is 4.79 Å². The van der Waals surface area contributed by atoms with E-state index in [2.05, 4.69) is 5.32 Å². The molecule has 2 rings (SSSR count). The van der Waals surface area contributed by atoms with E-state index >= 15 is 0 Å². The summed E-state index contributed by atoms with van der Waals surface area (Å²) in [5.41, 5.74) is -0.0284. The molecular weight excluding hydrogens is 296 g/mol. The fourth-order valence-corrected chi connectivity index (χ4v) is 3.47. The predicted octanol–water partition coefficient (Wildman–Crippen LogP) is 0.235. The van der Waals surface area contributed by atoms with Gasteiger partial charge in [0.25, 0.3) is 0 Å². The van der Waals surface area contributed by atoms with Gasteiger partial charge in [0.05, 0.1) is 18.1 Å². The van der Waals surface area contributed by atoms with Gasteiger partial charge in [0.15, 0.2) is 0 Å². The highest BCUT2D eigenvalue weighted by Gasteiger charge is 2.56. The Hall–Kier alpha value is -1.80. The van der Waals surface area contributed by atoms with Crippen molar-refractivity contribution in [3.05, 3.63) is 22.2 Å². The number of hydrogen-bond donors (Lipinski definition) is 3. The zero-order valence-electron chi connectivity index (χ0n) is 11.6. The Bertz CT molecular complexity index is 555. The Labute approximate surface area is 125 Å². The van der Waals surface area contributed by atoms with Crippen molar-refractivity contribution in [3.63, 3.8) is 0 Å². The molecule has 114 valence electrons. The van der Waals surface area contributed by atoms with Gasteiger partial charge >= 0.3 is 5.97 Å². The van der Waals surface area contributed by atoms with Gasteiger partial charge in [0, 0.05) is 24.4 Å². The average molecular weight is 312 g/mol. The number of carbonyl (C=O) groups is 3. The van der Waals surface area contributed by atoms with Crippen LogP contribution in [0.2, 0.25) is 0 Å². The molecule has 2 heterocycles. The molecule has 2 unspecified atom stereocenters. The van der Waals surface area contributed by atoms with E-state index in [-0.39, 0.29) is 23.6 Å². The summed E-state index contributed by atoms with van der Waals surface area (Å²) in [6.45, 7) is 2.90. The molecule has 21 heavy (non-hydrogen) atoms. The summed E-state index contributed by atoms with van der Waals surface area (Å²) in [5, 5.41) is 22.9. The van der Waals surface area contributed by atoms with Crippen LogP contribution in [0.25, 0.3) is 0 Å². The lowest BCUT2D eigenvalue weighted by atomic mass is 9.83. The fourth-order valence-electron chi connectivity index (χ4n) is 2.60. The summed E-state index contributed by atoms with van der Waals surface area (Å²) in [4.78, 5) is 35.8. The second kappa shape index (κ2) is 5.90. The molecule has 1 fully saturated rings. The predicted molar refractivity (Wildman–Crippen MR) is 75.6 cm³/mol. The van der Waals surface area contributed by atoms with Crippen molar-refractivity contribution < 1.29 is 24.6 Å². The third-order valence-electron chi connectivity index (χ3n) is 3.46. The number of nitrogens with one attached hydrogen (secondary N) is 1. The highest BCUT2D eigenvalue weighted by Crippen LogP contribution is 2.47. The van der Waals surface area contributed by atoms with Crippen molar-refractivity contribution in [2.45, 2.75) is 32.4 Å². The standard InChI is InChI=1S/C13H16N2O5S/c1-6(16)10-8-5-9(21-4-3-14-7(2)17)11(13(19)20)15(8)12(10)18/h3-4,6,8,10,16H,5H2,1-2H3,(H,14,17)(H,19,20)/b4-3+/t6-,8?,10?/m1/s1. The van der Waals surface area contributed by atoms with Gasteiger partial charge in [0.2, 0.25) is 11.8 Å². The number of carboxylic acids is 1. The molecule has 1 saturated heterocycles. The van der Waals surface area contributed by atoms with Gasteiger partial charge in [-0.05, 0) is 12.3 Å². The van der Waals surface area contributed by atoms with Crippen molar-refractivity contribution >= 4 is 29.5 Å². The van der Waals surface area contributed by atoms with Crippen LogP contribution in [0.3, 0.4) is 0 Å². The topological polar surface area (TPSA) is 107 Å². The van der Waals surface area contributed by atoms with Crippen molar-refractivity contribution in [3.8, 4) is 0 Å². The smallest absolute Gasteiger partial charge is 0.353 e. The first-order chi connectivity index (χ1) is 9.84. The maximum atomic E-state index is 11.9. The van der Waals surface area contributed by atoms with E-state index in [0.717, 1.165) is 11.8 Å². The Morgan fingerprint density at radius 3 is 2.71 bits per heavy atom. The molecule has 2 aliphatic heterocycles. The highest BCUT2D eigenvalue weighted by molar-refractivity contribution is 8.05. The fraction of sp³-hybridized carbons (Fsp3) is 0.462. The number of aliphatic hydroxyl groups excluding tert-OH is 1. The number of amides is 2. The van der Waals surface area contributed by atoms with Gasteiger partial charge in [-0.15, -0.1) is 0 Å². The monoisotopic (exact) mass is 312 g/mol. The molecule has 2 amide bonds. The number of thioether (sulfide) groups is 1. The molecule has 3 N–H and O–H groups in total. The SMILES string of the molecule is CC(=O)N/C=C/SC1=C(C(=O)O)N2C(=O)C([C@@H](C)O)C2C1. The third-order valence-corrected chi connectivity index (χ3v) is 4.37. The van der Waals surface area contributed by atoms with Crippen molar-refractivity contribution in [2.75, 3.05) is 0 Å². The van der Waals surface area contributed by atoms with Crippen molar-refractivity contribution in [2.24, 2.45) is 5.92 Å². The number of β-lactam (4-membered cyclic amide) rings is 1. The van der Waals surface area contributed by atoms with Gasteiger partial charge in [-0.1, -0.05) is 11.8 Å². The maximum absolute atomic E-state index is 11.9. The molecule has 0 aromatic heterocycles. The minimum Gasteiger partial charge on any atom is -0.477 e. The van der Waals surface area contributed by atoms with E-state index in [1.807, 2.05) is 0 Å². The van der Waals surface area contributed by atoms with E-state index in [1.54, 1.807) is 5.41 Å². The van der Waals surface area contributed by atoms with Crippen molar-refractivity contribution in [1.29, 1.82) is 0 Å². The zero-order valence-corrected chi connectivity index (χ0v) is 12.4. The Morgan fingerprint density at radius 1 is 1.52 bits per heavy atom. The number of rotatable bonds is 5. The lowest BCUT2D eigenvalue weighted by Gasteiger charge is -2.44. The molecule has 0 aromatic rings. The number of hydrogen-bond acceptors (Lipinski definition) is 5. The highest BCUT2D eigenvalue weighted by atomic mass is 32.2. The Balaban J connectivity index is 2.13. The van der Waals surface area contributed by atoms with Crippen molar-refractivity contribution in [1.82, 2.24) is 10.2 Å². The van der Waals surface area contributed by atoms with E-state index in [4.69, 9.17) is 0 Å². The number of aliphatic carboxylic acids is 1. The first-order valence-electron chi connectivity index (χ1n) is 6.41. The summed E-state index contributed by atoms with van der Waals surface area (Å²) in [7, 11) is 0. The summed E-state index contributed by atoms with van der Waals surface area (Å²) in [6.07, 6.45) is 1.02.